The fraction of sp³-hybridized carbons (Fsp3) is 0.480. The van der Waals surface area contributed by atoms with Gasteiger partial charge in [0.1, 0.15) is 0 Å². The third-order valence-corrected chi connectivity index (χ3v) is 5.48. The summed E-state index contributed by atoms with van der Waals surface area (Å²) in [6, 6.07) is 17.7. The SMILES string of the molecule is CCc1cccc(C(CCCCCCCOC(=O)O)c2ccccc2)c1CC. The summed E-state index contributed by atoms with van der Waals surface area (Å²) in [5.41, 5.74) is 5.88. The molecule has 3 heteroatoms. The molecule has 1 unspecified atom stereocenters. The van der Waals surface area contributed by atoms with Gasteiger partial charge in [-0.15, -0.1) is 0 Å². The Kier molecular flexibility index (Phi) is 9.61. The normalized spacial score (nSPS) is 11.9. The molecule has 152 valence electrons. The predicted molar refractivity (Wildman–Crippen MR) is 115 cm³/mol. The van der Waals surface area contributed by atoms with Crippen LogP contribution in [0, 0.1) is 0 Å². The van der Waals surface area contributed by atoms with Gasteiger partial charge >= 0.3 is 6.16 Å². The Labute approximate surface area is 169 Å². The zero-order valence-corrected chi connectivity index (χ0v) is 17.3. The van der Waals surface area contributed by atoms with Crippen LogP contribution >= 0.6 is 0 Å². The van der Waals surface area contributed by atoms with Gasteiger partial charge in [0.15, 0.2) is 0 Å². The van der Waals surface area contributed by atoms with E-state index in [1.54, 1.807) is 0 Å². The molecule has 0 heterocycles. The Morgan fingerprint density at radius 2 is 1.61 bits per heavy atom. The molecule has 1 atom stereocenters. The molecule has 0 radical (unpaired) electrons. The fourth-order valence-electron chi connectivity index (χ4n) is 4.07. The van der Waals surface area contributed by atoms with Crippen molar-refractivity contribution in [2.45, 2.75) is 71.1 Å². The summed E-state index contributed by atoms with van der Waals surface area (Å²) in [5, 5.41) is 8.49. The number of ether oxygens (including phenoxy) is 1. The van der Waals surface area contributed by atoms with Crippen molar-refractivity contribution in [2.24, 2.45) is 0 Å². The minimum atomic E-state index is -1.17. The van der Waals surface area contributed by atoms with Gasteiger partial charge < -0.3 is 9.84 Å². The van der Waals surface area contributed by atoms with Crippen molar-refractivity contribution >= 4 is 6.16 Å². The summed E-state index contributed by atoms with van der Waals surface area (Å²) >= 11 is 0. The first-order chi connectivity index (χ1) is 13.7. The Balaban J connectivity index is 2.00. The largest absolute Gasteiger partial charge is 0.505 e. The molecule has 2 aromatic carbocycles. The molecule has 0 bridgehead atoms. The van der Waals surface area contributed by atoms with Crippen LogP contribution in [-0.4, -0.2) is 17.9 Å². The number of benzene rings is 2. The fourth-order valence-corrected chi connectivity index (χ4v) is 4.07. The number of hydrogen-bond donors (Lipinski definition) is 1. The van der Waals surface area contributed by atoms with Crippen molar-refractivity contribution < 1.29 is 14.6 Å². The highest BCUT2D eigenvalue weighted by atomic mass is 16.7. The molecule has 1 N–H and O–H groups in total. The number of carboxylic acid groups (broad SMARTS) is 1. The number of aryl methyl sites for hydroxylation is 1. The van der Waals surface area contributed by atoms with E-state index in [1.807, 2.05) is 0 Å². The summed E-state index contributed by atoms with van der Waals surface area (Å²) in [5.74, 6) is 0.443. The molecule has 3 nitrogen and oxygen atoms in total. The van der Waals surface area contributed by atoms with E-state index < -0.39 is 6.16 Å². The van der Waals surface area contributed by atoms with Crippen LogP contribution in [0.4, 0.5) is 4.79 Å². The third kappa shape index (κ3) is 6.70. The van der Waals surface area contributed by atoms with Crippen LogP contribution in [0.3, 0.4) is 0 Å². The summed E-state index contributed by atoms with van der Waals surface area (Å²) in [6.07, 6.45) is 7.44. The predicted octanol–water partition coefficient (Wildman–Crippen LogP) is 6.98. The average Bonchev–Trinajstić information content (AvgIpc) is 2.72. The molecule has 0 aliphatic heterocycles. The monoisotopic (exact) mass is 382 g/mol. The van der Waals surface area contributed by atoms with E-state index in [0.29, 0.717) is 12.5 Å². The lowest BCUT2D eigenvalue weighted by Gasteiger charge is -2.23. The van der Waals surface area contributed by atoms with Gasteiger partial charge in [-0.05, 0) is 47.9 Å². The maximum Gasteiger partial charge on any atom is 0.505 e. The minimum Gasteiger partial charge on any atom is -0.450 e. The van der Waals surface area contributed by atoms with Crippen LogP contribution in [0.2, 0.25) is 0 Å². The Bertz CT molecular complexity index is 709. The van der Waals surface area contributed by atoms with Crippen LogP contribution < -0.4 is 0 Å². The molecule has 2 aromatic rings. The van der Waals surface area contributed by atoms with Crippen molar-refractivity contribution in [3.63, 3.8) is 0 Å². The minimum absolute atomic E-state index is 0.311. The highest BCUT2D eigenvalue weighted by molar-refractivity contribution is 5.56. The lowest BCUT2D eigenvalue weighted by molar-refractivity contribution is 0.0899. The highest BCUT2D eigenvalue weighted by Gasteiger charge is 2.18. The molecule has 0 saturated carbocycles. The molecule has 0 aliphatic carbocycles. The van der Waals surface area contributed by atoms with Gasteiger partial charge in [0, 0.05) is 5.92 Å². The van der Waals surface area contributed by atoms with Crippen molar-refractivity contribution in [1.82, 2.24) is 0 Å². The van der Waals surface area contributed by atoms with Crippen molar-refractivity contribution in [3.05, 3.63) is 70.8 Å². The van der Waals surface area contributed by atoms with E-state index in [-0.39, 0.29) is 0 Å². The second kappa shape index (κ2) is 12.2. The van der Waals surface area contributed by atoms with Crippen molar-refractivity contribution in [2.75, 3.05) is 6.61 Å². The average molecular weight is 383 g/mol. The second-order valence-electron chi connectivity index (χ2n) is 7.33. The van der Waals surface area contributed by atoms with E-state index in [0.717, 1.165) is 38.5 Å². The molecule has 0 fully saturated rings. The van der Waals surface area contributed by atoms with Gasteiger partial charge in [-0.25, -0.2) is 4.79 Å². The Morgan fingerprint density at radius 1 is 0.893 bits per heavy atom. The van der Waals surface area contributed by atoms with Crippen molar-refractivity contribution in [3.8, 4) is 0 Å². The molecule has 0 amide bonds. The van der Waals surface area contributed by atoms with E-state index in [9.17, 15) is 4.79 Å². The van der Waals surface area contributed by atoms with E-state index >= 15 is 0 Å². The van der Waals surface area contributed by atoms with Crippen LogP contribution in [0.15, 0.2) is 48.5 Å². The topological polar surface area (TPSA) is 46.5 Å². The first-order valence-corrected chi connectivity index (χ1v) is 10.7. The van der Waals surface area contributed by atoms with Crippen LogP contribution in [0.5, 0.6) is 0 Å². The zero-order valence-electron chi connectivity index (χ0n) is 17.3. The number of rotatable bonds is 12. The molecule has 28 heavy (non-hydrogen) atoms. The summed E-state index contributed by atoms with van der Waals surface area (Å²) in [6.45, 7) is 4.81. The van der Waals surface area contributed by atoms with Crippen LogP contribution in [0.1, 0.15) is 80.5 Å². The standard InChI is InChI=1S/C25H34O3/c1-3-20-16-13-18-24(22(20)4-2)23(21-14-9-8-10-15-21)17-11-6-5-7-12-19-28-25(26)27/h8-10,13-16,18,23H,3-7,11-12,17,19H2,1-2H3,(H,26,27). The van der Waals surface area contributed by atoms with Gasteiger partial charge in [0.05, 0.1) is 6.61 Å². The summed E-state index contributed by atoms with van der Waals surface area (Å²) in [4.78, 5) is 10.4. The number of carbonyl (C=O) groups is 1. The van der Waals surface area contributed by atoms with Crippen LogP contribution in [-0.2, 0) is 17.6 Å². The Hall–Kier alpha value is -2.29. The number of unbranched alkanes of at least 4 members (excludes halogenated alkanes) is 4. The van der Waals surface area contributed by atoms with Gasteiger partial charge in [-0.3, -0.25) is 0 Å². The summed E-state index contributed by atoms with van der Waals surface area (Å²) in [7, 11) is 0. The lowest BCUT2D eigenvalue weighted by Crippen LogP contribution is -2.07. The Morgan fingerprint density at radius 3 is 2.29 bits per heavy atom. The maximum absolute atomic E-state index is 10.4. The first-order valence-electron chi connectivity index (χ1n) is 10.7. The second-order valence-corrected chi connectivity index (χ2v) is 7.33. The van der Waals surface area contributed by atoms with Crippen LogP contribution in [0.25, 0.3) is 0 Å². The lowest BCUT2D eigenvalue weighted by atomic mass is 9.82. The molecule has 2 rings (SSSR count). The quantitative estimate of drug-likeness (QED) is 0.318. The molecule has 0 aliphatic rings. The molecule has 0 aromatic heterocycles. The first kappa shape index (κ1) is 22.0. The van der Waals surface area contributed by atoms with E-state index in [4.69, 9.17) is 5.11 Å². The van der Waals surface area contributed by atoms with Gasteiger partial charge in [0.25, 0.3) is 0 Å². The van der Waals surface area contributed by atoms with E-state index in [1.165, 1.54) is 35.1 Å². The molecule has 0 saturated heterocycles. The van der Waals surface area contributed by atoms with Crippen molar-refractivity contribution in [1.29, 1.82) is 0 Å². The zero-order chi connectivity index (χ0) is 20.2. The smallest absolute Gasteiger partial charge is 0.450 e. The van der Waals surface area contributed by atoms with Gasteiger partial charge in [0.2, 0.25) is 0 Å². The summed E-state index contributed by atoms with van der Waals surface area (Å²) < 4.78 is 4.57. The molecular formula is C25H34O3. The number of hydrogen-bond acceptors (Lipinski definition) is 2. The molecular weight excluding hydrogens is 348 g/mol. The third-order valence-electron chi connectivity index (χ3n) is 5.48. The molecule has 0 spiro atoms. The van der Waals surface area contributed by atoms with E-state index in [2.05, 4.69) is 67.1 Å². The maximum atomic E-state index is 10.4. The highest BCUT2D eigenvalue weighted by Crippen LogP contribution is 2.34. The van der Waals surface area contributed by atoms with Gasteiger partial charge in [-0.2, -0.15) is 0 Å². The van der Waals surface area contributed by atoms with Gasteiger partial charge in [-0.1, -0.05) is 88.1 Å².